The van der Waals surface area contributed by atoms with Gasteiger partial charge in [0.05, 0.1) is 12.9 Å². The Bertz CT molecular complexity index is 587. The molecule has 0 heterocycles. The Labute approximate surface area is 165 Å². The van der Waals surface area contributed by atoms with Crippen LogP contribution in [0.4, 0.5) is 0 Å². The second-order valence-electron chi connectivity index (χ2n) is 8.20. The normalized spacial score (nSPS) is 27.5. The molecule has 4 atom stereocenters. The van der Waals surface area contributed by atoms with Crippen LogP contribution in [0.25, 0.3) is 0 Å². The molecule has 2 bridgehead atoms. The van der Waals surface area contributed by atoms with E-state index in [-0.39, 0.29) is 17.8 Å². The fraction of sp³-hybridized carbons (Fsp3) is 0.857. The van der Waals surface area contributed by atoms with E-state index in [2.05, 4.69) is 28.5 Å². The molecule has 1 N–H and O–H groups in total. The lowest BCUT2D eigenvalue weighted by Crippen LogP contribution is -2.44. The maximum atomic E-state index is 12.5. The standard InChI is InChI=1S/C21H37NO4S/c1-3-4-5-10-15-27(24,25)22-21-18-14-13-17(16-18)19(21)11-8-6-7-9-12-20(23)26-2/h6,8,17-19,21-22H,3-5,7,9-16H2,1-2H3/b8-6-. The number of nitrogens with one attached hydrogen (secondary N) is 1. The molecule has 0 amide bonds. The van der Waals surface area contributed by atoms with Crippen molar-refractivity contribution in [1.29, 1.82) is 0 Å². The predicted molar refractivity (Wildman–Crippen MR) is 109 cm³/mol. The van der Waals surface area contributed by atoms with E-state index in [0.29, 0.717) is 24.2 Å². The average Bonchev–Trinajstić information content (AvgIpc) is 3.23. The number of carbonyl (C=O) groups excluding carboxylic acids is 1. The van der Waals surface area contributed by atoms with Crippen LogP contribution in [0.2, 0.25) is 0 Å². The summed E-state index contributed by atoms with van der Waals surface area (Å²) in [6.45, 7) is 2.13. The van der Waals surface area contributed by atoms with Gasteiger partial charge in [0.25, 0.3) is 0 Å². The summed E-state index contributed by atoms with van der Waals surface area (Å²) in [4.78, 5) is 11.1. The Kier molecular flexibility index (Phi) is 9.30. The first-order valence-electron chi connectivity index (χ1n) is 10.7. The molecule has 0 aliphatic heterocycles. The molecular formula is C21H37NO4S. The maximum Gasteiger partial charge on any atom is 0.305 e. The lowest BCUT2D eigenvalue weighted by molar-refractivity contribution is -0.140. The molecule has 0 saturated heterocycles. The van der Waals surface area contributed by atoms with Crippen molar-refractivity contribution in [2.75, 3.05) is 12.9 Å². The molecule has 0 aromatic rings. The fourth-order valence-electron chi connectivity index (χ4n) is 4.76. The Balaban J connectivity index is 1.79. The van der Waals surface area contributed by atoms with E-state index in [0.717, 1.165) is 51.4 Å². The van der Waals surface area contributed by atoms with Crippen molar-refractivity contribution in [2.45, 2.75) is 83.6 Å². The molecule has 2 fully saturated rings. The molecule has 27 heavy (non-hydrogen) atoms. The SMILES string of the molecule is CCCCCCS(=O)(=O)NC1C2CCC(C2)C1C/C=C\CCCC(=O)OC. The van der Waals surface area contributed by atoms with Crippen LogP contribution in [0.1, 0.15) is 77.6 Å². The molecule has 2 rings (SSSR count). The molecule has 4 unspecified atom stereocenters. The van der Waals surface area contributed by atoms with Crippen LogP contribution in [0.3, 0.4) is 0 Å². The van der Waals surface area contributed by atoms with Crippen LogP contribution in [0.15, 0.2) is 12.2 Å². The van der Waals surface area contributed by atoms with Crippen molar-refractivity contribution in [3.05, 3.63) is 12.2 Å². The van der Waals surface area contributed by atoms with Gasteiger partial charge in [-0.15, -0.1) is 0 Å². The fourth-order valence-corrected chi connectivity index (χ4v) is 6.24. The summed E-state index contributed by atoms with van der Waals surface area (Å²) in [6, 6.07) is 0.111. The lowest BCUT2D eigenvalue weighted by atomic mass is 9.83. The minimum atomic E-state index is -3.18. The van der Waals surface area contributed by atoms with Gasteiger partial charge in [0.2, 0.25) is 10.0 Å². The highest BCUT2D eigenvalue weighted by Gasteiger charge is 2.47. The zero-order valence-corrected chi connectivity index (χ0v) is 17.8. The lowest BCUT2D eigenvalue weighted by Gasteiger charge is -2.31. The monoisotopic (exact) mass is 399 g/mol. The van der Waals surface area contributed by atoms with Crippen LogP contribution in [-0.4, -0.2) is 33.3 Å². The molecule has 0 aromatic carbocycles. The first-order valence-corrected chi connectivity index (χ1v) is 12.3. The third kappa shape index (κ3) is 7.22. The Morgan fingerprint density at radius 3 is 2.63 bits per heavy atom. The molecule has 2 aliphatic rings. The van der Waals surface area contributed by atoms with Gasteiger partial charge in [0.1, 0.15) is 0 Å². The zero-order chi connectivity index (χ0) is 19.7. The number of allylic oxidation sites excluding steroid dienone is 2. The summed E-state index contributed by atoms with van der Waals surface area (Å²) in [6.07, 6.45) is 14.9. The summed E-state index contributed by atoms with van der Waals surface area (Å²) >= 11 is 0. The molecule has 0 aromatic heterocycles. The zero-order valence-electron chi connectivity index (χ0n) is 17.0. The molecule has 156 valence electrons. The van der Waals surface area contributed by atoms with E-state index in [1.165, 1.54) is 20.0 Å². The maximum absolute atomic E-state index is 12.5. The number of hydrogen-bond acceptors (Lipinski definition) is 4. The summed E-state index contributed by atoms with van der Waals surface area (Å²) in [5, 5.41) is 0. The van der Waals surface area contributed by atoms with Gasteiger partial charge in [-0.05, 0) is 62.7 Å². The summed E-state index contributed by atoms with van der Waals surface area (Å²) in [7, 11) is -1.76. The Morgan fingerprint density at radius 2 is 1.89 bits per heavy atom. The van der Waals surface area contributed by atoms with Gasteiger partial charge in [-0.1, -0.05) is 38.3 Å². The largest absolute Gasteiger partial charge is 0.469 e. The smallest absolute Gasteiger partial charge is 0.305 e. The quantitative estimate of drug-likeness (QED) is 0.286. The second kappa shape index (κ2) is 11.2. The van der Waals surface area contributed by atoms with E-state index in [1.807, 2.05) is 0 Å². The second-order valence-corrected chi connectivity index (χ2v) is 10.1. The number of fused-ring (bicyclic) bond motifs is 2. The highest BCUT2D eigenvalue weighted by Crippen LogP contribution is 2.50. The van der Waals surface area contributed by atoms with Crippen molar-refractivity contribution < 1.29 is 17.9 Å². The van der Waals surface area contributed by atoms with Crippen molar-refractivity contribution >= 4 is 16.0 Å². The molecular weight excluding hydrogens is 362 g/mol. The van der Waals surface area contributed by atoms with Gasteiger partial charge in [-0.2, -0.15) is 0 Å². The number of esters is 1. The van der Waals surface area contributed by atoms with Crippen LogP contribution in [-0.2, 0) is 19.6 Å². The highest BCUT2D eigenvalue weighted by atomic mass is 32.2. The van der Waals surface area contributed by atoms with E-state index in [9.17, 15) is 13.2 Å². The van der Waals surface area contributed by atoms with Crippen LogP contribution in [0, 0.1) is 17.8 Å². The minimum Gasteiger partial charge on any atom is -0.469 e. The van der Waals surface area contributed by atoms with E-state index in [4.69, 9.17) is 0 Å². The Morgan fingerprint density at radius 1 is 1.11 bits per heavy atom. The van der Waals surface area contributed by atoms with Crippen LogP contribution < -0.4 is 4.72 Å². The van der Waals surface area contributed by atoms with Crippen molar-refractivity contribution in [1.82, 2.24) is 4.72 Å². The van der Waals surface area contributed by atoms with Crippen LogP contribution in [0.5, 0.6) is 0 Å². The van der Waals surface area contributed by atoms with E-state index in [1.54, 1.807) is 0 Å². The first kappa shape index (κ1) is 22.4. The molecule has 0 spiro atoms. The third-order valence-electron chi connectivity index (χ3n) is 6.22. The predicted octanol–water partition coefficient (Wildman–Crippen LogP) is 4.19. The number of ether oxygens (including phenoxy) is 1. The highest BCUT2D eigenvalue weighted by molar-refractivity contribution is 7.89. The summed E-state index contributed by atoms with van der Waals surface area (Å²) in [5.41, 5.74) is 0. The molecule has 2 aliphatic carbocycles. The number of sulfonamides is 1. The molecule has 2 saturated carbocycles. The average molecular weight is 400 g/mol. The van der Waals surface area contributed by atoms with Gasteiger partial charge in [0, 0.05) is 12.5 Å². The van der Waals surface area contributed by atoms with E-state index >= 15 is 0 Å². The molecule has 0 radical (unpaired) electrons. The van der Waals surface area contributed by atoms with Gasteiger partial charge >= 0.3 is 5.97 Å². The molecule has 5 nitrogen and oxygen atoms in total. The van der Waals surface area contributed by atoms with Crippen molar-refractivity contribution in [3.63, 3.8) is 0 Å². The number of carbonyl (C=O) groups is 1. The van der Waals surface area contributed by atoms with E-state index < -0.39 is 10.0 Å². The Hall–Kier alpha value is -0.880. The number of hydrogen-bond donors (Lipinski definition) is 1. The molecule has 6 heteroatoms. The van der Waals surface area contributed by atoms with Gasteiger partial charge < -0.3 is 4.74 Å². The first-order chi connectivity index (χ1) is 13.0. The summed E-state index contributed by atoms with van der Waals surface area (Å²) in [5.74, 6) is 1.69. The van der Waals surface area contributed by atoms with Gasteiger partial charge in [-0.25, -0.2) is 13.1 Å². The third-order valence-corrected chi connectivity index (χ3v) is 7.68. The topological polar surface area (TPSA) is 72.5 Å². The van der Waals surface area contributed by atoms with Crippen molar-refractivity contribution in [3.8, 4) is 0 Å². The van der Waals surface area contributed by atoms with Gasteiger partial charge in [0.15, 0.2) is 0 Å². The van der Waals surface area contributed by atoms with Gasteiger partial charge in [-0.3, -0.25) is 4.79 Å². The van der Waals surface area contributed by atoms with Crippen LogP contribution >= 0.6 is 0 Å². The minimum absolute atomic E-state index is 0.111. The number of rotatable bonds is 13. The van der Waals surface area contributed by atoms with Crippen molar-refractivity contribution in [2.24, 2.45) is 17.8 Å². The summed E-state index contributed by atoms with van der Waals surface area (Å²) < 4.78 is 32.7. The number of unbranched alkanes of at least 4 members (excludes halogenated alkanes) is 4. The number of methoxy groups -OCH3 is 1.